The second-order valence-corrected chi connectivity index (χ2v) is 5.15. The highest BCUT2D eigenvalue weighted by Crippen LogP contribution is 2.17. The summed E-state index contributed by atoms with van der Waals surface area (Å²) >= 11 is 6.11. The van der Waals surface area contributed by atoms with Crippen LogP contribution in [0, 0.1) is 5.92 Å². The molecule has 1 unspecified atom stereocenters. The average Bonchev–Trinajstić information content (AvgIpc) is 2.32. The molecule has 0 bridgehead atoms. The molecule has 0 spiro atoms. The number of amidine groups is 1. The Morgan fingerprint density at radius 2 is 2.11 bits per heavy atom. The summed E-state index contributed by atoms with van der Waals surface area (Å²) in [5.74, 6) is 0.948. The molecule has 1 heterocycles. The van der Waals surface area contributed by atoms with Crippen molar-refractivity contribution >= 4 is 23.3 Å². The molecule has 1 aromatic carbocycles. The van der Waals surface area contributed by atoms with Crippen molar-refractivity contribution < 1.29 is 4.79 Å². The summed E-state index contributed by atoms with van der Waals surface area (Å²) in [6.45, 7) is 4.16. The Morgan fingerprint density at radius 1 is 1.39 bits per heavy atom. The van der Waals surface area contributed by atoms with Gasteiger partial charge in [-0.15, -0.1) is 0 Å². The fourth-order valence-electron chi connectivity index (χ4n) is 1.88. The highest BCUT2D eigenvalue weighted by atomic mass is 35.5. The summed E-state index contributed by atoms with van der Waals surface area (Å²) in [5, 5.41) is 7.78. The molecule has 1 aromatic rings. The van der Waals surface area contributed by atoms with Crippen molar-refractivity contribution in [2.24, 2.45) is 11.0 Å². The molecule has 4 nitrogen and oxygen atoms in total. The smallest absolute Gasteiger partial charge is 0.262 e. The van der Waals surface area contributed by atoms with Gasteiger partial charge in [-0.05, 0) is 24.5 Å². The van der Waals surface area contributed by atoms with E-state index in [9.17, 15) is 4.79 Å². The van der Waals surface area contributed by atoms with Crippen molar-refractivity contribution in [1.82, 2.24) is 10.7 Å². The summed E-state index contributed by atoms with van der Waals surface area (Å²) in [6, 6.07) is 7.17. The second-order valence-electron chi connectivity index (χ2n) is 4.74. The number of benzene rings is 1. The van der Waals surface area contributed by atoms with E-state index in [1.54, 1.807) is 6.07 Å². The number of rotatable bonds is 3. The number of hydrogen-bond acceptors (Lipinski definition) is 3. The van der Waals surface area contributed by atoms with E-state index >= 15 is 0 Å². The first-order valence-electron chi connectivity index (χ1n) is 5.97. The molecule has 0 saturated heterocycles. The third-order valence-electron chi connectivity index (χ3n) is 2.74. The maximum absolute atomic E-state index is 11.7. The number of carbonyl (C=O) groups is 1. The number of halogens is 1. The van der Waals surface area contributed by atoms with E-state index in [2.05, 4.69) is 29.7 Å². The SMILES string of the molecule is CC(C)CC1NC(c2ccccc2Cl)=NNC1=O. The van der Waals surface area contributed by atoms with Crippen molar-refractivity contribution in [3.05, 3.63) is 34.9 Å². The average molecular weight is 266 g/mol. The fourth-order valence-corrected chi connectivity index (χ4v) is 2.11. The van der Waals surface area contributed by atoms with Crippen LogP contribution in [0.25, 0.3) is 0 Å². The maximum Gasteiger partial charge on any atom is 0.262 e. The van der Waals surface area contributed by atoms with Crippen LogP contribution in [-0.4, -0.2) is 17.8 Å². The molecule has 0 fully saturated rings. The van der Waals surface area contributed by atoms with E-state index in [1.165, 1.54) is 0 Å². The van der Waals surface area contributed by atoms with Crippen LogP contribution in [0.15, 0.2) is 29.4 Å². The molecule has 0 radical (unpaired) electrons. The van der Waals surface area contributed by atoms with E-state index in [4.69, 9.17) is 11.6 Å². The Kier molecular flexibility index (Phi) is 3.87. The van der Waals surface area contributed by atoms with Crippen LogP contribution in [0.5, 0.6) is 0 Å². The number of hydrazone groups is 1. The molecule has 1 amide bonds. The second kappa shape index (κ2) is 5.40. The third-order valence-corrected chi connectivity index (χ3v) is 3.07. The minimum absolute atomic E-state index is 0.0977. The molecule has 1 aliphatic heterocycles. The lowest BCUT2D eigenvalue weighted by Gasteiger charge is -2.25. The Bertz CT molecular complexity index is 485. The zero-order valence-corrected chi connectivity index (χ0v) is 11.2. The largest absolute Gasteiger partial charge is 0.356 e. The quantitative estimate of drug-likeness (QED) is 0.880. The third kappa shape index (κ3) is 2.82. The molecular weight excluding hydrogens is 250 g/mol. The summed E-state index contributed by atoms with van der Waals surface area (Å²) in [6.07, 6.45) is 0.759. The lowest BCUT2D eigenvalue weighted by molar-refractivity contribution is -0.123. The number of amides is 1. The van der Waals surface area contributed by atoms with E-state index in [0.717, 1.165) is 12.0 Å². The van der Waals surface area contributed by atoms with Crippen LogP contribution in [0.3, 0.4) is 0 Å². The van der Waals surface area contributed by atoms with Crippen LogP contribution in [0.2, 0.25) is 5.02 Å². The highest BCUT2D eigenvalue weighted by Gasteiger charge is 2.25. The maximum atomic E-state index is 11.7. The van der Waals surface area contributed by atoms with Crippen molar-refractivity contribution in [2.45, 2.75) is 26.3 Å². The van der Waals surface area contributed by atoms with Gasteiger partial charge in [0.05, 0.1) is 5.02 Å². The molecule has 5 heteroatoms. The number of nitrogens with one attached hydrogen (secondary N) is 2. The van der Waals surface area contributed by atoms with Gasteiger partial charge in [0.15, 0.2) is 5.84 Å². The van der Waals surface area contributed by atoms with Crippen LogP contribution in [0.1, 0.15) is 25.8 Å². The van der Waals surface area contributed by atoms with Gasteiger partial charge in [0.1, 0.15) is 6.04 Å². The van der Waals surface area contributed by atoms with Crippen LogP contribution >= 0.6 is 11.6 Å². The first kappa shape index (κ1) is 12.9. The summed E-state index contributed by atoms with van der Waals surface area (Å²) in [4.78, 5) is 11.7. The van der Waals surface area contributed by atoms with Crippen molar-refractivity contribution in [1.29, 1.82) is 0 Å². The van der Waals surface area contributed by atoms with Gasteiger partial charge in [0.2, 0.25) is 0 Å². The van der Waals surface area contributed by atoms with Crippen molar-refractivity contribution in [3.63, 3.8) is 0 Å². The molecule has 1 aliphatic rings. The molecular formula is C13H16ClN3O. The van der Waals surface area contributed by atoms with Crippen LogP contribution in [-0.2, 0) is 4.79 Å². The van der Waals surface area contributed by atoms with Crippen molar-refractivity contribution in [2.75, 3.05) is 0 Å². The molecule has 0 aromatic heterocycles. The lowest BCUT2D eigenvalue weighted by atomic mass is 10.0. The van der Waals surface area contributed by atoms with Crippen molar-refractivity contribution in [3.8, 4) is 0 Å². The molecule has 18 heavy (non-hydrogen) atoms. The van der Waals surface area contributed by atoms with Gasteiger partial charge < -0.3 is 5.32 Å². The Morgan fingerprint density at radius 3 is 2.78 bits per heavy atom. The number of nitrogens with zero attached hydrogens (tertiary/aromatic N) is 1. The highest BCUT2D eigenvalue weighted by molar-refractivity contribution is 6.34. The zero-order valence-electron chi connectivity index (χ0n) is 10.4. The van der Waals surface area contributed by atoms with Crippen LogP contribution < -0.4 is 10.7 Å². The normalized spacial score (nSPS) is 19.2. The predicted molar refractivity (Wildman–Crippen MR) is 72.5 cm³/mol. The van der Waals surface area contributed by atoms with E-state index in [1.807, 2.05) is 18.2 Å². The summed E-state index contributed by atoms with van der Waals surface area (Å²) < 4.78 is 0. The van der Waals surface area contributed by atoms with Gasteiger partial charge in [-0.1, -0.05) is 37.6 Å². The molecule has 0 saturated carbocycles. The van der Waals surface area contributed by atoms with Gasteiger partial charge in [0, 0.05) is 5.56 Å². The molecule has 2 N–H and O–H groups in total. The Labute approximate surface area is 111 Å². The Balaban J connectivity index is 2.21. The van der Waals surface area contributed by atoms with Gasteiger partial charge in [-0.2, -0.15) is 5.10 Å². The summed E-state index contributed by atoms with van der Waals surface area (Å²) in [7, 11) is 0. The molecule has 2 rings (SSSR count). The fraction of sp³-hybridized carbons (Fsp3) is 0.385. The van der Waals surface area contributed by atoms with E-state index in [-0.39, 0.29) is 11.9 Å². The van der Waals surface area contributed by atoms with Gasteiger partial charge >= 0.3 is 0 Å². The first-order valence-corrected chi connectivity index (χ1v) is 6.34. The standard InChI is InChI=1S/C13H16ClN3O/c1-8(2)7-11-13(18)17-16-12(15-11)9-5-3-4-6-10(9)14/h3-6,8,11H,7H2,1-2H3,(H,15,16)(H,17,18). The van der Waals surface area contributed by atoms with E-state index in [0.29, 0.717) is 16.8 Å². The molecule has 1 atom stereocenters. The zero-order chi connectivity index (χ0) is 13.1. The minimum atomic E-state index is -0.256. The van der Waals surface area contributed by atoms with Crippen LogP contribution in [0.4, 0.5) is 0 Å². The number of hydrogen-bond donors (Lipinski definition) is 2. The van der Waals surface area contributed by atoms with Gasteiger partial charge in [-0.3, -0.25) is 4.79 Å². The van der Waals surface area contributed by atoms with Gasteiger partial charge in [-0.25, -0.2) is 5.43 Å². The van der Waals surface area contributed by atoms with E-state index < -0.39 is 0 Å². The minimum Gasteiger partial charge on any atom is -0.356 e. The Hall–Kier alpha value is -1.55. The molecule has 0 aliphatic carbocycles. The predicted octanol–water partition coefficient (Wildman–Crippen LogP) is 2.14. The molecule has 96 valence electrons. The number of carbonyl (C=O) groups excluding carboxylic acids is 1. The monoisotopic (exact) mass is 265 g/mol. The summed E-state index contributed by atoms with van der Waals surface area (Å²) in [5.41, 5.74) is 3.34. The topological polar surface area (TPSA) is 53.5 Å². The lowest BCUT2D eigenvalue weighted by Crippen LogP contribution is -2.51. The first-order chi connectivity index (χ1) is 8.58. The van der Waals surface area contributed by atoms with Gasteiger partial charge in [0.25, 0.3) is 5.91 Å².